The van der Waals surface area contributed by atoms with E-state index in [4.69, 9.17) is 4.84 Å². The summed E-state index contributed by atoms with van der Waals surface area (Å²) in [6.45, 7) is 5.02. The highest BCUT2D eigenvalue weighted by molar-refractivity contribution is 5.76. The quantitative estimate of drug-likeness (QED) is 0.669. The molecule has 0 spiro atoms. The van der Waals surface area contributed by atoms with E-state index in [1.54, 1.807) is 32.9 Å². The maximum atomic E-state index is 11.9. The van der Waals surface area contributed by atoms with Gasteiger partial charge in [0.05, 0.1) is 5.41 Å². The van der Waals surface area contributed by atoms with Crippen molar-refractivity contribution < 1.29 is 9.63 Å². The first-order valence-corrected chi connectivity index (χ1v) is 5.33. The van der Waals surface area contributed by atoms with E-state index in [-0.39, 0.29) is 5.52 Å². The van der Waals surface area contributed by atoms with Crippen LogP contribution in [0.3, 0.4) is 0 Å². The van der Waals surface area contributed by atoms with Crippen LogP contribution < -0.4 is 10.4 Å². The summed E-state index contributed by atoms with van der Waals surface area (Å²) in [5.41, 5.74) is -0.891. The first kappa shape index (κ1) is 12.2. The largest absolute Gasteiger partial charge is 0.340 e. The molecule has 0 aromatic carbocycles. The molecule has 0 bridgehead atoms. The summed E-state index contributed by atoms with van der Waals surface area (Å²) in [6, 6.07) is 3.24. The van der Waals surface area contributed by atoms with Crippen molar-refractivity contribution >= 4 is 17.0 Å². The molecule has 0 N–H and O–H groups in total. The lowest BCUT2D eigenvalue weighted by atomic mass is 9.98. The van der Waals surface area contributed by atoms with Crippen molar-refractivity contribution in [3.8, 4) is 0 Å². The third-order valence-electron chi connectivity index (χ3n) is 2.18. The maximum Gasteiger partial charge on any atom is 0.340 e. The number of hydrogen-bond acceptors (Lipinski definition) is 6. The van der Waals surface area contributed by atoms with Crippen LogP contribution in [0.15, 0.2) is 23.1 Å². The van der Waals surface area contributed by atoms with Crippen LogP contribution in [0.25, 0.3) is 11.0 Å². The Labute approximate surface area is 102 Å². The van der Waals surface area contributed by atoms with Gasteiger partial charge in [0.25, 0.3) is 0 Å². The zero-order valence-corrected chi connectivity index (χ0v) is 10.2. The Balaban J connectivity index is 2.45. The normalized spacial score (nSPS) is 11.5. The van der Waals surface area contributed by atoms with Gasteiger partial charge in [0.1, 0.15) is 5.52 Å². The van der Waals surface area contributed by atoms with Crippen molar-refractivity contribution in [2.24, 2.45) is 5.41 Å². The third-order valence-corrected chi connectivity index (χ3v) is 2.18. The van der Waals surface area contributed by atoms with Crippen molar-refractivity contribution in [3.63, 3.8) is 0 Å². The lowest BCUT2D eigenvalue weighted by Crippen LogP contribution is -2.39. The second-order valence-electron chi connectivity index (χ2n) is 4.77. The fourth-order valence-electron chi connectivity index (χ4n) is 1.14. The number of pyridine rings is 1. The molecule has 0 fully saturated rings. The van der Waals surface area contributed by atoms with E-state index >= 15 is 0 Å². The van der Waals surface area contributed by atoms with E-state index in [0.29, 0.717) is 10.4 Å². The Morgan fingerprint density at radius 3 is 2.78 bits per heavy atom. The highest BCUT2D eigenvalue weighted by Crippen LogP contribution is 2.13. The number of aromatic nitrogens is 4. The average molecular weight is 248 g/mol. The van der Waals surface area contributed by atoms with E-state index in [1.165, 1.54) is 6.20 Å². The van der Waals surface area contributed by atoms with E-state index in [0.717, 1.165) is 0 Å². The Morgan fingerprint density at radius 1 is 1.39 bits per heavy atom. The standard InChI is InChI=1S/C11H12N4O3/c1-11(2,3)10(17)18-15-9(16)8-7(13-14-15)5-4-6-12-8/h4-6H,1-3H3. The van der Waals surface area contributed by atoms with Crippen LogP contribution in [0.2, 0.25) is 0 Å². The molecule has 0 saturated heterocycles. The molecule has 0 atom stereocenters. The Hall–Kier alpha value is -2.31. The smallest absolute Gasteiger partial charge is 0.313 e. The highest BCUT2D eigenvalue weighted by Gasteiger charge is 2.25. The van der Waals surface area contributed by atoms with Crippen molar-refractivity contribution in [3.05, 3.63) is 28.7 Å². The average Bonchev–Trinajstić information content (AvgIpc) is 2.32. The minimum atomic E-state index is -0.736. The summed E-state index contributed by atoms with van der Waals surface area (Å²) in [4.78, 5) is 32.9. The van der Waals surface area contributed by atoms with Crippen LogP contribution in [-0.4, -0.2) is 26.1 Å². The fraction of sp³-hybridized carbons (Fsp3) is 0.364. The van der Waals surface area contributed by atoms with Crippen molar-refractivity contribution in [2.75, 3.05) is 0 Å². The molecule has 2 heterocycles. The molecule has 94 valence electrons. The van der Waals surface area contributed by atoms with Crippen molar-refractivity contribution in [2.45, 2.75) is 20.8 Å². The van der Waals surface area contributed by atoms with Gasteiger partial charge >= 0.3 is 11.5 Å². The number of carbonyl (C=O) groups is 1. The fourth-order valence-corrected chi connectivity index (χ4v) is 1.14. The predicted molar refractivity (Wildman–Crippen MR) is 62.6 cm³/mol. The zero-order valence-electron chi connectivity index (χ0n) is 10.2. The molecule has 0 aliphatic carbocycles. The molecule has 0 aliphatic rings. The molecular formula is C11H12N4O3. The summed E-state index contributed by atoms with van der Waals surface area (Å²) >= 11 is 0. The molecule has 7 heteroatoms. The molecule has 0 radical (unpaired) electrons. The zero-order chi connectivity index (χ0) is 13.3. The maximum absolute atomic E-state index is 11.9. The lowest BCUT2D eigenvalue weighted by molar-refractivity contribution is -0.156. The summed E-state index contributed by atoms with van der Waals surface area (Å²) in [5.74, 6) is -0.575. The number of fused-ring (bicyclic) bond motifs is 1. The van der Waals surface area contributed by atoms with Gasteiger partial charge in [-0.3, -0.25) is 4.79 Å². The SMILES string of the molecule is CC(C)(C)C(=O)On1nnc2cccnc2c1=O. The van der Waals surface area contributed by atoms with Crippen LogP contribution in [0.5, 0.6) is 0 Å². The number of carbonyl (C=O) groups excluding carboxylic acids is 1. The minimum Gasteiger partial charge on any atom is -0.313 e. The van der Waals surface area contributed by atoms with Gasteiger partial charge in [-0.2, -0.15) is 0 Å². The summed E-state index contributed by atoms with van der Waals surface area (Å²) in [6.07, 6.45) is 1.46. The van der Waals surface area contributed by atoms with Gasteiger partial charge in [-0.25, -0.2) is 9.78 Å². The molecule has 2 aromatic heterocycles. The van der Waals surface area contributed by atoms with E-state index in [9.17, 15) is 9.59 Å². The molecule has 18 heavy (non-hydrogen) atoms. The van der Waals surface area contributed by atoms with Crippen LogP contribution in [0, 0.1) is 5.41 Å². The van der Waals surface area contributed by atoms with Gasteiger partial charge in [0.15, 0.2) is 5.52 Å². The van der Waals surface area contributed by atoms with E-state index in [2.05, 4.69) is 15.3 Å². The molecule has 2 rings (SSSR count). The molecule has 0 amide bonds. The number of nitrogens with zero attached hydrogens (tertiary/aromatic N) is 4. The second-order valence-corrected chi connectivity index (χ2v) is 4.77. The molecule has 7 nitrogen and oxygen atoms in total. The van der Waals surface area contributed by atoms with Gasteiger partial charge in [0.2, 0.25) is 0 Å². The first-order valence-electron chi connectivity index (χ1n) is 5.33. The van der Waals surface area contributed by atoms with Crippen LogP contribution in [-0.2, 0) is 4.79 Å². The van der Waals surface area contributed by atoms with Crippen molar-refractivity contribution in [1.29, 1.82) is 0 Å². The predicted octanol–water partition coefficient (Wildman–Crippen LogP) is 0.188. The summed E-state index contributed by atoms with van der Waals surface area (Å²) in [5, 5.41) is 7.28. The van der Waals surface area contributed by atoms with Crippen molar-refractivity contribution in [1.82, 2.24) is 20.1 Å². The minimum absolute atomic E-state index is 0.106. The molecular weight excluding hydrogens is 236 g/mol. The molecule has 0 unspecified atom stereocenters. The first-order chi connectivity index (χ1) is 8.39. The number of rotatable bonds is 1. The van der Waals surface area contributed by atoms with E-state index in [1.807, 2.05) is 0 Å². The number of hydrogen-bond donors (Lipinski definition) is 0. The molecule has 2 aromatic rings. The molecule has 0 saturated carbocycles. The highest BCUT2D eigenvalue weighted by atomic mass is 16.7. The van der Waals surface area contributed by atoms with Crippen LogP contribution in [0.1, 0.15) is 20.8 Å². The van der Waals surface area contributed by atoms with E-state index < -0.39 is 16.9 Å². The Bertz CT molecular complexity index is 657. The van der Waals surface area contributed by atoms with Gasteiger partial charge in [-0.15, -0.1) is 5.10 Å². The Kier molecular flexibility index (Phi) is 2.82. The summed E-state index contributed by atoms with van der Waals surface area (Å²) < 4.78 is 0. The van der Waals surface area contributed by atoms with Crippen LogP contribution >= 0.6 is 0 Å². The third kappa shape index (κ3) is 2.20. The second kappa shape index (κ2) is 4.17. The lowest BCUT2D eigenvalue weighted by Gasteiger charge is -2.15. The van der Waals surface area contributed by atoms with Gasteiger partial charge in [0, 0.05) is 6.20 Å². The topological polar surface area (TPSA) is 87.0 Å². The van der Waals surface area contributed by atoms with Crippen LogP contribution in [0.4, 0.5) is 0 Å². The van der Waals surface area contributed by atoms with Gasteiger partial charge in [-0.05, 0) is 43.0 Å². The van der Waals surface area contributed by atoms with Gasteiger partial charge < -0.3 is 4.84 Å². The van der Waals surface area contributed by atoms with Gasteiger partial charge in [-0.1, -0.05) is 0 Å². The molecule has 0 aliphatic heterocycles. The Morgan fingerprint density at radius 2 is 2.11 bits per heavy atom. The monoisotopic (exact) mass is 248 g/mol. The summed E-state index contributed by atoms with van der Waals surface area (Å²) in [7, 11) is 0.